The highest BCUT2D eigenvalue weighted by atomic mass is 32.2. The highest BCUT2D eigenvalue weighted by Gasteiger charge is 2.19. The molecule has 0 unspecified atom stereocenters. The van der Waals surface area contributed by atoms with E-state index in [1.54, 1.807) is 6.92 Å². The summed E-state index contributed by atoms with van der Waals surface area (Å²) in [6, 6.07) is 2.84. The number of nitrogens with one attached hydrogen (secondary N) is 1. The van der Waals surface area contributed by atoms with Gasteiger partial charge < -0.3 is 14.7 Å². The first kappa shape index (κ1) is 12.7. The van der Waals surface area contributed by atoms with E-state index in [9.17, 15) is 8.42 Å². The van der Waals surface area contributed by atoms with Gasteiger partial charge in [-0.15, -0.1) is 0 Å². The Morgan fingerprint density at radius 2 is 2.22 bits per heavy atom. The van der Waals surface area contributed by atoms with Gasteiger partial charge in [-0.05, 0) is 19.1 Å². The number of hydrogen-bond acceptors (Lipinski definition) is 7. The molecule has 0 saturated heterocycles. The normalized spacial score (nSPS) is 11.9. The lowest BCUT2D eigenvalue weighted by Crippen LogP contribution is -2.23. The van der Waals surface area contributed by atoms with Gasteiger partial charge in [0.15, 0.2) is 5.82 Å². The molecule has 0 aromatic carbocycles. The van der Waals surface area contributed by atoms with Gasteiger partial charge in [-0.25, -0.2) is 8.42 Å². The largest absolute Gasteiger partial charge is 0.447 e. The Kier molecular flexibility index (Phi) is 3.45. The summed E-state index contributed by atoms with van der Waals surface area (Å²) in [6.45, 7) is 1.68. The van der Waals surface area contributed by atoms with Gasteiger partial charge in [-0.3, -0.25) is 0 Å². The number of sulfonamides is 1. The highest BCUT2D eigenvalue weighted by Crippen LogP contribution is 2.13. The van der Waals surface area contributed by atoms with E-state index < -0.39 is 10.0 Å². The Morgan fingerprint density at radius 1 is 1.44 bits per heavy atom. The van der Waals surface area contributed by atoms with E-state index in [4.69, 9.17) is 14.7 Å². The summed E-state index contributed by atoms with van der Waals surface area (Å²) in [5.74, 6) is 1.01. The minimum atomic E-state index is -3.74. The van der Waals surface area contributed by atoms with Crippen LogP contribution < -0.4 is 10.5 Å². The topological polar surface area (TPSA) is 124 Å². The van der Waals surface area contributed by atoms with E-state index >= 15 is 0 Å². The molecule has 0 saturated carbocycles. The average Bonchev–Trinajstić information content (AvgIpc) is 2.95. The minimum Gasteiger partial charge on any atom is -0.447 e. The van der Waals surface area contributed by atoms with E-state index in [0.717, 1.165) is 0 Å². The maximum atomic E-state index is 11.8. The van der Waals surface area contributed by atoms with Crippen molar-refractivity contribution in [3.05, 3.63) is 29.6 Å². The van der Waals surface area contributed by atoms with Gasteiger partial charge >= 0.3 is 0 Å². The molecular formula is C9H12N4O4S. The summed E-state index contributed by atoms with van der Waals surface area (Å²) < 4.78 is 35.7. The second-order valence-corrected chi connectivity index (χ2v) is 5.18. The molecule has 18 heavy (non-hydrogen) atoms. The Labute approximate surface area is 103 Å². The summed E-state index contributed by atoms with van der Waals surface area (Å²) in [5.41, 5.74) is 5.33. The van der Waals surface area contributed by atoms with Crippen molar-refractivity contribution >= 4 is 10.0 Å². The molecule has 3 N–H and O–H groups in total. The lowest BCUT2D eigenvalue weighted by Gasteiger charge is -2.00. The van der Waals surface area contributed by atoms with E-state index in [1.165, 1.54) is 12.1 Å². The Balaban J connectivity index is 2.07. The summed E-state index contributed by atoms with van der Waals surface area (Å²) in [5, 5.41) is 3.35. The third kappa shape index (κ3) is 2.75. The number of hydrogen-bond donors (Lipinski definition) is 2. The van der Waals surface area contributed by atoms with Crippen LogP contribution in [0.5, 0.6) is 0 Å². The second kappa shape index (κ2) is 4.88. The summed E-state index contributed by atoms with van der Waals surface area (Å²) in [4.78, 5) is 3.87. The van der Waals surface area contributed by atoms with Crippen LogP contribution in [0.25, 0.3) is 0 Å². The van der Waals surface area contributed by atoms with Crippen molar-refractivity contribution in [3.8, 4) is 0 Å². The standard InChI is InChI=1S/C9H12N4O4S/c1-6-12-8(17-13-6)5-11-18(14,15)9-3-2-7(4-10)16-9/h2-3,11H,4-5,10H2,1H3. The van der Waals surface area contributed by atoms with Crippen molar-refractivity contribution in [2.24, 2.45) is 5.73 Å². The summed E-state index contributed by atoms with van der Waals surface area (Å²) in [6.07, 6.45) is 0. The Hall–Kier alpha value is -1.71. The third-order valence-electron chi connectivity index (χ3n) is 2.09. The van der Waals surface area contributed by atoms with Crippen LogP contribution in [0.3, 0.4) is 0 Å². The van der Waals surface area contributed by atoms with Crippen LogP contribution >= 0.6 is 0 Å². The molecule has 8 nitrogen and oxygen atoms in total. The van der Waals surface area contributed by atoms with Crippen molar-refractivity contribution in [1.82, 2.24) is 14.9 Å². The minimum absolute atomic E-state index is 0.0954. The van der Waals surface area contributed by atoms with Gasteiger partial charge in [-0.2, -0.15) is 9.71 Å². The number of rotatable bonds is 5. The number of furan rings is 1. The van der Waals surface area contributed by atoms with Crippen molar-refractivity contribution in [1.29, 1.82) is 0 Å². The molecule has 0 atom stereocenters. The van der Waals surface area contributed by atoms with Crippen molar-refractivity contribution < 1.29 is 17.4 Å². The van der Waals surface area contributed by atoms with Crippen LogP contribution in [-0.2, 0) is 23.1 Å². The van der Waals surface area contributed by atoms with Crippen LogP contribution in [0.4, 0.5) is 0 Å². The van der Waals surface area contributed by atoms with E-state index in [2.05, 4.69) is 14.9 Å². The third-order valence-corrected chi connectivity index (χ3v) is 3.36. The maximum absolute atomic E-state index is 11.8. The predicted molar refractivity (Wildman–Crippen MR) is 59.7 cm³/mol. The summed E-state index contributed by atoms with van der Waals surface area (Å²) >= 11 is 0. The van der Waals surface area contributed by atoms with Gasteiger partial charge in [0, 0.05) is 0 Å². The fourth-order valence-electron chi connectivity index (χ4n) is 1.25. The molecule has 0 aliphatic rings. The van der Waals surface area contributed by atoms with E-state index in [0.29, 0.717) is 11.6 Å². The number of nitrogens with zero attached hydrogens (tertiary/aromatic N) is 2. The highest BCUT2D eigenvalue weighted by molar-refractivity contribution is 7.89. The van der Waals surface area contributed by atoms with Crippen molar-refractivity contribution in [3.63, 3.8) is 0 Å². The first-order valence-electron chi connectivity index (χ1n) is 5.09. The molecule has 2 aromatic heterocycles. The van der Waals surface area contributed by atoms with Gasteiger partial charge in [0.25, 0.3) is 10.0 Å². The lowest BCUT2D eigenvalue weighted by molar-refractivity contribution is 0.369. The number of aromatic nitrogens is 2. The predicted octanol–water partition coefficient (Wildman–Crippen LogP) is -0.0918. The average molecular weight is 272 g/mol. The van der Waals surface area contributed by atoms with Crippen LogP contribution in [0.2, 0.25) is 0 Å². The first-order chi connectivity index (χ1) is 8.51. The van der Waals surface area contributed by atoms with Crippen LogP contribution in [0.1, 0.15) is 17.5 Å². The zero-order valence-corrected chi connectivity index (χ0v) is 10.4. The fourth-order valence-corrected chi connectivity index (χ4v) is 2.17. The van der Waals surface area contributed by atoms with Crippen LogP contribution in [0.15, 0.2) is 26.2 Å². The molecule has 9 heteroatoms. The zero-order chi connectivity index (χ0) is 13.2. The maximum Gasteiger partial charge on any atom is 0.274 e. The first-order valence-corrected chi connectivity index (χ1v) is 6.57. The molecule has 0 bridgehead atoms. The van der Waals surface area contributed by atoms with Crippen molar-refractivity contribution in [2.45, 2.75) is 25.1 Å². The van der Waals surface area contributed by atoms with Gasteiger partial charge in [-0.1, -0.05) is 5.16 Å². The molecular weight excluding hydrogens is 260 g/mol. The molecule has 0 aliphatic carbocycles. The Morgan fingerprint density at radius 3 is 2.78 bits per heavy atom. The monoisotopic (exact) mass is 272 g/mol. The SMILES string of the molecule is Cc1noc(CNS(=O)(=O)c2ccc(CN)o2)n1. The molecule has 0 aliphatic heterocycles. The lowest BCUT2D eigenvalue weighted by atomic mass is 10.5. The molecule has 0 fully saturated rings. The van der Waals surface area contributed by atoms with Crippen LogP contribution in [0, 0.1) is 6.92 Å². The number of nitrogens with two attached hydrogens (primary N) is 1. The molecule has 2 heterocycles. The van der Waals surface area contributed by atoms with E-state index in [1.807, 2.05) is 0 Å². The fraction of sp³-hybridized carbons (Fsp3) is 0.333. The Bertz CT molecular complexity index is 631. The molecule has 0 spiro atoms. The van der Waals surface area contributed by atoms with Crippen molar-refractivity contribution in [2.75, 3.05) is 0 Å². The summed E-state index contributed by atoms with van der Waals surface area (Å²) in [7, 11) is -3.74. The number of aryl methyl sites for hydroxylation is 1. The van der Waals surface area contributed by atoms with Gasteiger partial charge in [0.05, 0.1) is 13.1 Å². The van der Waals surface area contributed by atoms with Crippen LogP contribution in [-0.4, -0.2) is 18.6 Å². The zero-order valence-electron chi connectivity index (χ0n) is 9.58. The second-order valence-electron chi connectivity index (χ2n) is 3.48. The molecule has 2 rings (SSSR count). The molecule has 0 amide bonds. The van der Waals surface area contributed by atoms with Gasteiger partial charge in [0.1, 0.15) is 5.76 Å². The van der Waals surface area contributed by atoms with E-state index in [-0.39, 0.29) is 24.1 Å². The quantitative estimate of drug-likeness (QED) is 0.779. The molecule has 0 radical (unpaired) electrons. The van der Waals surface area contributed by atoms with Gasteiger partial charge in [0.2, 0.25) is 11.0 Å². The molecule has 2 aromatic rings. The molecule has 98 valence electrons. The smallest absolute Gasteiger partial charge is 0.274 e.